The highest BCUT2D eigenvalue weighted by Crippen LogP contribution is 2.25. The van der Waals surface area contributed by atoms with Crippen LogP contribution >= 0.6 is 0 Å². The summed E-state index contributed by atoms with van der Waals surface area (Å²) in [5, 5.41) is 5.39. The zero-order valence-corrected chi connectivity index (χ0v) is 15.0. The van der Waals surface area contributed by atoms with E-state index in [2.05, 4.69) is 15.1 Å². The molecular weight excluding hydrogens is 367 g/mol. The first-order valence-corrected chi connectivity index (χ1v) is 9.53. The van der Waals surface area contributed by atoms with E-state index >= 15 is 0 Å². The van der Waals surface area contributed by atoms with Crippen molar-refractivity contribution in [3.63, 3.8) is 0 Å². The molecule has 1 unspecified atom stereocenters. The van der Waals surface area contributed by atoms with Crippen molar-refractivity contribution in [2.45, 2.75) is 5.03 Å². The van der Waals surface area contributed by atoms with Gasteiger partial charge in [-0.05, 0) is 18.2 Å². The average Bonchev–Trinajstić information content (AvgIpc) is 3.07. The Kier molecular flexibility index (Phi) is 4.33. The van der Waals surface area contributed by atoms with E-state index in [0.717, 1.165) is 6.29 Å². The highest BCUT2D eigenvalue weighted by Gasteiger charge is 2.17. The Labute approximate surface area is 156 Å². The number of nitrogens with zero attached hydrogens (tertiary/aromatic N) is 4. The fourth-order valence-corrected chi connectivity index (χ4v) is 3.49. The number of fused-ring (bicyclic) bond motifs is 1. The predicted octanol–water partition coefficient (Wildman–Crippen LogP) is 3.17. The summed E-state index contributed by atoms with van der Waals surface area (Å²) in [6.07, 6.45) is 5.25. The van der Waals surface area contributed by atoms with Gasteiger partial charge < -0.3 is 0 Å². The van der Waals surface area contributed by atoms with Gasteiger partial charge in [-0.15, -0.1) is 0 Å². The zero-order valence-electron chi connectivity index (χ0n) is 14.2. The molecule has 8 heteroatoms. The van der Waals surface area contributed by atoms with E-state index in [-0.39, 0.29) is 11.8 Å². The van der Waals surface area contributed by atoms with Crippen LogP contribution in [0.2, 0.25) is 0 Å². The number of halogens is 1. The lowest BCUT2D eigenvalue weighted by Gasteiger charge is -2.05. The number of aromatic nitrogens is 4. The molecule has 0 aliphatic carbocycles. The second-order valence-corrected chi connectivity index (χ2v) is 7.11. The van der Waals surface area contributed by atoms with Gasteiger partial charge in [0, 0.05) is 40.7 Å². The Bertz CT molecular complexity index is 1190. The van der Waals surface area contributed by atoms with Gasteiger partial charge in [0.15, 0.2) is 5.03 Å². The van der Waals surface area contributed by atoms with Crippen LogP contribution < -0.4 is 0 Å². The molecule has 0 saturated carbocycles. The molecule has 0 aliphatic heterocycles. The predicted molar refractivity (Wildman–Crippen MR) is 99.8 cm³/mol. The van der Waals surface area contributed by atoms with Crippen LogP contribution in [0.4, 0.5) is 4.39 Å². The molecule has 0 radical (unpaired) electrons. The van der Waals surface area contributed by atoms with E-state index in [9.17, 15) is 13.4 Å². The second-order valence-electron chi connectivity index (χ2n) is 5.82. The molecule has 0 bridgehead atoms. The van der Waals surface area contributed by atoms with Crippen molar-refractivity contribution in [2.24, 2.45) is 0 Å². The normalized spacial score (nSPS) is 12.2. The maximum Gasteiger partial charge on any atom is 0.251 e. The van der Waals surface area contributed by atoms with E-state index in [1.54, 1.807) is 36.4 Å². The lowest BCUT2D eigenvalue weighted by atomic mass is 10.1. The van der Waals surface area contributed by atoms with E-state index in [4.69, 9.17) is 0 Å². The highest BCUT2D eigenvalue weighted by molar-refractivity contribution is 7.84. The van der Waals surface area contributed by atoms with Crippen LogP contribution in [0, 0.1) is 5.82 Å². The Morgan fingerprint density at radius 1 is 1.11 bits per heavy atom. The number of rotatable bonds is 4. The van der Waals surface area contributed by atoms with E-state index < -0.39 is 10.8 Å². The van der Waals surface area contributed by atoms with Crippen LogP contribution in [0.1, 0.15) is 10.4 Å². The van der Waals surface area contributed by atoms with Crippen LogP contribution in [0.15, 0.2) is 59.9 Å². The van der Waals surface area contributed by atoms with Crippen molar-refractivity contribution >= 4 is 28.0 Å². The number of carbonyl (C=O) groups excluding carboxylic acids is 1. The SMILES string of the molecule is CS(=O)c1nn(-c2ncc(-c3ccccc3F)cn2)c2cc(C=O)ccc12. The first kappa shape index (κ1) is 17.2. The molecule has 0 N–H and O–H groups in total. The van der Waals surface area contributed by atoms with E-state index in [0.29, 0.717) is 32.6 Å². The summed E-state index contributed by atoms with van der Waals surface area (Å²) >= 11 is 0. The molecule has 0 amide bonds. The van der Waals surface area contributed by atoms with Gasteiger partial charge in [-0.3, -0.25) is 9.00 Å². The number of benzene rings is 2. The van der Waals surface area contributed by atoms with Crippen molar-refractivity contribution in [2.75, 3.05) is 6.26 Å². The molecule has 0 spiro atoms. The minimum absolute atomic E-state index is 0.236. The summed E-state index contributed by atoms with van der Waals surface area (Å²) in [5.74, 6) is -0.127. The van der Waals surface area contributed by atoms with Crippen LogP contribution in [0.3, 0.4) is 0 Å². The molecule has 134 valence electrons. The summed E-state index contributed by atoms with van der Waals surface area (Å²) < 4.78 is 27.4. The van der Waals surface area contributed by atoms with Crippen LogP contribution in [0.25, 0.3) is 28.0 Å². The molecule has 0 fully saturated rings. The Morgan fingerprint density at radius 2 is 1.85 bits per heavy atom. The summed E-state index contributed by atoms with van der Waals surface area (Å²) in [5.41, 5.74) is 1.96. The monoisotopic (exact) mass is 380 g/mol. The molecular formula is C19H13FN4O2S. The summed E-state index contributed by atoms with van der Waals surface area (Å²) in [6.45, 7) is 0. The number of hydrogen-bond acceptors (Lipinski definition) is 5. The molecule has 6 nitrogen and oxygen atoms in total. The Morgan fingerprint density at radius 3 is 2.52 bits per heavy atom. The molecule has 1 atom stereocenters. The summed E-state index contributed by atoms with van der Waals surface area (Å²) in [7, 11) is -1.33. The molecule has 2 aromatic heterocycles. The molecule has 2 heterocycles. The maximum atomic E-state index is 13.9. The van der Waals surface area contributed by atoms with Crippen molar-refractivity contribution in [3.05, 3.63) is 66.2 Å². The van der Waals surface area contributed by atoms with Gasteiger partial charge in [0.2, 0.25) is 0 Å². The van der Waals surface area contributed by atoms with Crippen molar-refractivity contribution < 1.29 is 13.4 Å². The molecule has 4 aromatic rings. The standard InChI is InChI=1S/C19H13FN4O2S/c1-27(26)18-15-7-6-12(11-25)8-17(15)24(23-18)19-21-9-13(10-22-19)14-4-2-3-5-16(14)20/h2-11H,1H3. The van der Waals surface area contributed by atoms with Crippen molar-refractivity contribution in [3.8, 4) is 17.1 Å². The van der Waals surface area contributed by atoms with Crippen molar-refractivity contribution in [1.29, 1.82) is 0 Å². The van der Waals surface area contributed by atoms with Gasteiger partial charge >= 0.3 is 0 Å². The number of carbonyl (C=O) groups is 1. The maximum absolute atomic E-state index is 13.9. The molecule has 27 heavy (non-hydrogen) atoms. The largest absolute Gasteiger partial charge is 0.298 e. The van der Waals surface area contributed by atoms with E-state index in [1.165, 1.54) is 29.4 Å². The third-order valence-corrected chi connectivity index (χ3v) is 4.94. The van der Waals surface area contributed by atoms with Gasteiger partial charge in [-0.1, -0.05) is 24.3 Å². The summed E-state index contributed by atoms with van der Waals surface area (Å²) in [6, 6.07) is 11.3. The average molecular weight is 380 g/mol. The van der Waals surface area contributed by atoms with Crippen LogP contribution in [0.5, 0.6) is 0 Å². The van der Waals surface area contributed by atoms with Gasteiger partial charge in [0.1, 0.15) is 12.1 Å². The van der Waals surface area contributed by atoms with Gasteiger partial charge in [0.05, 0.1) is 16.3 Å². The molecule has 0 saturated heterocycles. The van der Waals surface area contributed by atoms with Crippen LogP contribution in [-0.4, -0.2) is 36.5 Å². The van der Waals surface area contributed by atoms with Gasteiger partial charge in [0.25, 0.3) is 5.95 Å². The Hall–Kier alpha value is -3.26. The third-order valence-electron chi connectivity index (χ3n) is 4.09. The molecule has 2 aromatic carbocycles. The first-order chi connectivity index (χ1) is 13.1. The highest BCUT2D eigenvalue weighted by atomic mass is 32.2. The van der Waals surface area contributed by atoms with Crippen LogP contribution in [-0.2, 0) is 10.8 Å². The fraction of sp³-hybridized carbons (Fsp3) is 0.0526. The molecule has 0 aliphatic rings. The lowest BCUT2D eigenvalue weighted by Crippen LogP contribution is -2.04. The quantitative estimate of drug-likeness (QED) is 0.508. The van der Waals surface area contributed by atoms with Crippen molar-refractivity contribution in [1.82, 2.24) is 19.7 Å². The first-order valence-electron chi connectivity index (χ1n) is 7.97. The minimum atomic E-state index is -1.33. The topological polar surface area (TPSA) is 77.7 Å². The minimum Gasteiger partial charge on any atom is -0.298 e. The third kappa shape index (κ3) is 3.04. The summed E-state index contributed by atoms with van der Waals surface area (Å²) in [4.78, 5) is 19.7. The Balaban J connectivity index is 1.86. The van der Waals surface area contributed by atoms with Gasteiger partial charge in [-0.2, -0.15) is 9.78 Å². The van der Waals surface area contributed by atoms with Gasteiger partial charge in [-0.25, -0.2) is 14.4 Å². The second kappa shape index (κ2) is 6.81. The lowest BCUT2D eigenvalue weighted by molar-refractivity contribution is 0.112. The zero-order chi connectivity index (χ0) is 19.0. The fourth-order valence-electron chi connectivity index (χ4n) is 2.81. The van der Waals surface area contributed by atoms with E-state index in [1.807, 2.05) is 0 Å². The smallest absolute Gasteiger partial charge is 0.251 e. The number of aldehydes is 1. The molecule has 4 rings (SSSR count). The number of hydrogen-bond donors (Lipinski definition) is 0.